The van der Waals surface area contributed by atoms with E-state index >= 15 is 0 Å². The molecule has 4 aromatic rings. The molecule has 28 heavy (non-hydrogen) atoms. The molecule has 1 aromatic carbocycles. The van der Waals surface area contributed by atoms with E-state index < -0.39 is 0 Å². The third-order valence-corrected chi connectivity index (χ3v) is 7.12. The molecule has 3 aromatic heterocycles. The molecule has 0 N–H and O–H groups in total. The Balaban J connectivity index is 1.15. The summed E-state index contributed by atoms with van der Waals surface area (Å²) in [6, 6.07) is 9.98. The summed E-state index contributed by atoms with van der Waals surface area (Å²) in [6.07, 6.45) is 5.42. The molecule has 1 aliphatic carbocycles. The van der Waals surface area contributed by atoms with E-state index in [1.165, 1.54) is 0 Å². The molecule has 2 fully saturated rings. The van der Waals surface area contributed by atoms with E-state index in [-0.39, 0.29) is 0 Å². The summed E-state index contributed by atoms with van der Waals surface area (Å²) >= 11 is 1.67. The van der Waals surface area contributed by atoms with Crippen LogP contribution in [0.4, 0.5) is 5.13 Å². The van der Waals surface area contributed by atoms with Gasteiger partial charge < -0.3 is 9.32 Å². The standard InChI is InChI=1S/C20H20N6OS/c1-13-12-26-18(21-13)28-19(24-26)25-9-7-20(8-10-25)11-15(20)17-23-22-16(27-17)14-5-3-2-4-6-14/h2-6,12,15H,7-11H2,1H3/t15-/m0/s1. The quantitative estimate of drug-likeness (QED) is 0.526. The Bertz CT molecular complexity index is 1110. The maximum absolute atomic E-state index is 6.02. The van der Waals surface area contributed by atoms with Gasteiger partial charge in [-0.1, -0.05) is 29.5 Å². The smallest absolute Gasteiger partial charge is 0.247 e. The van der Waals surface area contributed by atoms with Crippen LogP contribution < -0.4 is 4.90 Å². The number of rotatable bonds is 3. The average molecular weight is 392 g/mol. The lowest BCUT2D eigenvalue weighted by Crippen LogP contribution is -2.35. The van der Waals surface area contributed by atoms with Crippen LogP contribution in [0.2, 0.25) is 0 Å². The van der Waals surface area contributed by atoms with Crippen molar-refractivity contribution in [2.75, 3.05) is 18.0 Å². The van der Waals surface area contributed by atoms with Gasteiger partial charge in [-0.15, -0.1) is 15.3 Å². The highest BCUT2D eigenvalue weighted by Crippen LogP contribution is 2.64. The van der Waals surface area contributed by atoms with Crippen molar-refractivity contribution in [1.29, 1.82) is 0 Å². The summed E-state index contributed by atoms with van der Waals surface area (Å²) in [7, 11) is 0. The zero-order chi connectivity index (χ0) is 18.7. The first kappa shape index (κ1) is 16.2. The fourth-order valence-electron chi connectivity index (χ4n) is 4.39. The Morgan fingerprint density at radius 3 is 2.75 bits per heavy atom. The van der Waals surface area contributed by atoms with E-state index in [0.29, 0.717) is 17.2 Å². The first-order valence-electron chi connectivity index (χ1n) is 9.67. The van der Waals surface area contributed by atoms with Gasteiger partial charge in [-0.05, 0) is 43.7 Å². The molecule has 8 heteroatoms. The topological polar surface area (TPSA) is 72.3 Å². The molecule has 1 saturated carbocycles. The Morgan fingerprint density at radius 2 is 1.96 bits per heavy atom. The predicted octanol–water partition coefficient (Wildman–Crippen LogP) is 3.92. The van der Waals surface area contributed by atoms with E-state index in [2.05, 4.69) is 20.1 Å². The Kier molecular flexibility index (Phi) is 3.41. The fraction of sp³-hybridized carbons (Fsp3) is 0.400. The summed E-state index contributed by atoms with van der Waals surface area (Å²) in [5.41, 5.74) is 2.32. The molecule has 4 heterocycles. The first-order valence-corrected chi connectivity index (χ1v) is 10.5. The zero-order valence-corrected chi connectivity index (χ0v) is 16.4. The van der Waals surface area contributed by atoms with Crippen molar-refractivity contribution in [1.82, 2.24) is 24.8 Å². The number of benzene rings is 1. The third kappa shape index (κ3) is 2.55. The third-order valence-electron chi connectivity index (χ3n) is 6.13. The van der Waals surface area contributed by atoms with Gasteiger partial charge in [0.15, 0.2) is 0 Å². The Hall–Kier alpha value is -2.74. The van der Waals surface area contributed by atoms with Gasteiger partial charge in [-0.3, -0.25) is 0 Å². The van der Waals surface area contributed by atoms with Crippen molar-refractivity contribution < 1.29 is 4.42 Å². The summed E-state index contributed by atoms with van der Waals surface area (Å²) in [5, 5.41) is 14.4. The second-order valence-corrected chi connectivity index (χ2v) is 8.85. The van der Waals surface area contributed by atoms with Gasteiger partial charge in [0.2, 0.25) is 21.9 Å². The van der Waals surface area contributed by atoms with Gasteiger partial charge in [-0.25, -0.2) is 9.50 Å². The highest BCUT2D eigenvalue weighted by atomic mass is 32.1. The van der Waals surface area contributed by atoms with Gasteiger partial charge in [0, 0.05) is 24.6 Å². The van der Waals surface area contributed by atoms with Crippen LogP contribution in [-0.4, -0.2) is 37.9 Å². The molecule has 2 aliphatic rings. The van der Waals surface area contributed by atoms with Crippen LogP contribution in [0.3, 0.4) is 0 Å². The number of nitrogens with zero attached hydrogens (tertiary/aromatic N) is 6. The molecule has 0 amide bonds. The maximum atomic E-state index is 6.02. The molecule has 1 aliphatic heterocycles. The van der Waals surface area contributed by atoms with Crippen molar-refractivity contribution in [2.45, 2.75) is 32.1 Å². The lowest BCUT2D eigenvalue weighted by atomic mass is 9.91. The molecule has 7 nitrogen and oxygen atoms in total. The average Bonchev–Trinajstić information content (AvgIpc) is 3.08. The number of imidazole rings is 1. The van der Waals surface area contributed by atoms with Crippen LogP contribution in [0.25, 0.3) is 16.4 Å². The molecule has 142 valence electrons. The highest BCUT2D eigenvalue weighted by Gasteiger charge is 2.58. The van der Waals surface area contributed by atoms with Crippen molar-refractivity contribution in [3.63, 3.8) is 0 Å². The molecule has 0 bridgehead atoms. The van der Waals surface area contributed by atoms with Crippen LogP contribution in [0, 0.1) is 12.3 Å². The summed E-state index contributed by atoms with van der Waals surface area (Å²) < 4.78 is 7.91. The highest BCUT2D eigenvalue weighted by molar-refractivity contribution is 7.20. The van der Waals surface area contributed by atoms with Crippen molar-refractivity contribution in [2.24, 2.45) is 5.41 Å². The van der Waals surface area contributed by atoms with Gasteiger partial charge in [-0.2, -0.15) is 0 Å². The number of piperidine rings is 1. The number of hydrogen-bond acceptors (Lipinski definition) is 7. The minimum Gasteiger partial charge on any atom is -0.420 e. The van der Waals surface area contributed by atoms with E-state index in [1.807, 2.05) is 48.0 Å². The van der Waals surface area contributed by atoms with Crippen LogP contribution in [0.5, 0.6) is 0 Å². The number of fused-ring (bicyclic) bond motifs is 1. The van der Waals surface area contributed by atoms with E-state index in [1.54, 1.807) is 11.3 Å². The van der Waals surface area contributed by atoms with Crippen LogP contribution in [-0.2, 0) is 0 Å². The second kappa shape index (κ2) is 5.88. The zero-order valence-electron chi connectivity index (χ0n) is 15.6. The van der Waals surface area contributed by atoms with Gasteiger partial charge in [0.05, 0.1) is 11.9 Å². The van der Waals surface area contributed by atoms with E-state index in [4.69, 9.17) is 9.52 Å². The summed E-state index contributed by atoms with van der Waals surface area (Å²) in [5.74, 6) is 1.82. The minimum atomic E-state index is 0.324. The van der Waals surface area contributed by atoms with Gasteiger partial charge >= 0.3 is 0 Å². The van der Waals surface area contributed by atoms with E-state index in [0.717, 1.165) is 59.6 Å². The molecular formula is C20H20N6OS. The van der Waals surface area contributed by atoms with Gasteiger partial charge in [0.1, 0.15) is 0 Å². The largest absolute Gasteiger partial charge is 0.420 e. The predicted molar refractivity (Wildman–Crippen MR) is 107 cm³/mol. The van der Waals surface area contributed by atoms with Crippen LogP contribution >= 0.6 is 11.3 Å². The van der Waals surface area contributed by atoms with Crippen molar-refractivity contribution in [3.8, 4) is 11.5 Å². The lowest BCUT2D eigenvalue weighted by Gasteiger charge is -2.32. The molecular weight excluding hydrogens is 372 g/mol. The molecule has 6 rings (SSSR count). The lowest BCUT2D eigenvalue weighted by molar-refractivity contribution is 0.353. The monoisotopic (exact) mass is 392 g/mol. The normalized spacial score (nSPS) is 20.9. The molecule has 1 spiro atoms. The minimum absolute atomic E-state index is 0.324. The number of anilines is 1. The molecule has 0 radical (unpaired) electrons. The number of aryl methyl sites for hydroxylation is 1. The SMILES string of the molecule is Cc1cn2nc(N3CCC4(CC3)C[C@H]4c3nnc(-c4ccccc4)o3)sc2n1. The van der Waals surface area contributed by atoms with Crippen molar-refractivity contribution >= 4 is 21.4 Å². The number of aromatic nitrogens is 5. The Morgan fingerprint density at radius 1 is 1.14 bits per heavy atom. The molecule has 1 atom stereocenters. The molecule has 0 unspecified atom stereocenters. The van der Waals surface area contributed by atoms with Gasteiger partial charge in [0.25, 0.3) is 0 Å². The summed E-state index contributed by atoms with van der Waals surface area (Å²) in [6.45, 7) is 4.04. The molecule has 1 saturated heterocycles. The summed E-state index contributed by atoms with van der Waals surface area (Å²) in [4.78, 5) is 7.87. The Labute approximate surface area is 166 Å². The fourth-order valence-corrected chi connectivity index (χ4v) is 5.37. The maximum Gasteiger partial charge on any atom is 0.247 e. The van der Waals surface area contributed by atoms with Crippen molar-refractivity contribution in [3.05, 3.63) is 48.1 Å². The van der Waals surface area contributed by atoms with Crippen LogP contribution in [0.1, 0.15) is 36.8 Å². The first-order chi connectivity index (χ1) is 13.7. The van der Waals surface area contributed by atoms with E-state index in [9.17, 15) is 0 Å². The van der Waals surface area contributed by atoms with Crippen LogP contribution in [0.15, 0.2) is 40.9 Å². The number of hydrogen-bond donors (Lipinski definition) is 0. The second-order valence-electron chi connectivity index (χ2n) is 7.91.